The van der Waals surface area contributed by atoms with Gasteiger partial charge in [0.2, 0.25) is 0 Å². The van der Waals surface area contributed by atoms with Gasteiger partial charge in [0.1, 0.15) is 17.5 Å². The molecule has 0 heterocycles. The number of quaternary nitrogens is 1. The van der Waals surface area contributed by atoms with E-state index in [4.69, 9.17) is 0 Å². The van der Waals surface area contributed by atoms with Crippen LogP contribution in [0, 0.1) is 17.5 Å². The molecular weight excluding hydrogens is 532 g/mol. The van der Waals surface area contributed by atoms with Crippen molar-refractivity contribution >= 4 is 24.6 Å². The van der Waals surface area contributed by atoms with Gasteiger partial charge in [-0.1, -0.05) is 46.6 Å². The summed E-state index contributed by atoms with van der Waals surface area (Å²) >= 11 is 0. The highest BCUT2D eigenvalue weighted by Gasteiger charge is 2.01. The molecule has 164 valence electrons. The minimum atomic E-state index is -0.378. The second-order valence-electron chi connectivity index (χ2n) is 6.17. The molecule has 3 rings (SSSR count). The first kappa shape index (κ1) is 24.9. The first-order valence-electron chi connectivity index (χ1n) is 9.12. The largest absolute Gasteiger partial charge is 1.00 e. The van der Waals surface area contributed by atoms with Gasteiger partial charge in [0, 0.05) is 0 Å². The van der Waals surface area contributed by atoms with Crippen molar-refractivity contribution in [3.8, 4) is 0 Å². The predicted molar refractivity (Wildman–Crippen MR) is 114 cm³/mol. The summed E-state index contributed by atoms with van der Waals surface area (Å²) in [5.74, 6) is -0.883. The third kappa shape index (κ3) is 8.78. The molecule has 3 aromatic rings. The Labute approximate surface area is 199 Å². The van der Waals surface area contributed by atoms with E-state index in [1.165, 1.54) is 60.5 Å². The van der Waals surface area contributed by atoms with Crippen molar-refractivity contribution in [2.75, 3.05) is 0 Å². The molecule has 0 aliphatic carbocycles. The minimum Gasteiger partial charge on any atom is -1.00 e. The molecule has 0 bridgehead atoms. The molecule has 0 saturated heterocycles. The van der Waals surface area contributed by atoms with Gasteiger partial charge in [-0.15, -0.1) is 0 Å². The summed E-state index contributed by atoms with van der Waals surface area (Å²) in [5, 5.41) is 16.1. The van der Waals surface area contributed by atoms with E-state index in [1.54, 1.807) is 36.4 Å². The third-order valence-electron chi connectivity index (χ3n) is 3.77. The molecule has 3 aromatic carbocycles. The number of halogens is 4. The number of hydrogen-bond donors (Lipinski definition) is 2. The van der Waals surface area contributed by atoms with E-state index in [0.29, 0.717) is 16.7 Å². The number of hydrogen-bond acceptors (Lipinski definition) is 4. The van der Waals surface area contributed by atoms with E-state index in [-0.39, 0.29) is 47.4 Å². The monoisotopic (exact) mass is 550 g/mol. The van der Waals surface area contributed by atoms with E-state index in [9.17, 15) is 13.2 Å². The molecular formula is C22H18F3IN6. The third-order valence-corrected chi connectivity index (χ3v) is 3.77. The van der Waals surface area contributed by atoms with Gasteiger partial charge in [-0.3, -0.25) is 0 Å². The van der Waals surface area contributed by atoms with Crippen molar-refractivity contribution in [1.29, 1.82) is 0 Å². The molecule has 0 amide bonds. The molecule has 0 spiro atoms. The predicted octanol–water partition coefficient (Wildman–Crippen LogP) is 0.0190. The van der Waals surface area contributed by atoms with Crippen molar-refractivity contribution in [3.63, 3.8) is 0 Å². The highest BCUT2D eigenvalue weighted by Crippen LogP contribution is 2.01. The Morgan fingerprint density at radius 3 is 1.97 bits per heavy atom. The Morgan fingerprint density at radius 1 is 0.719 bits per heavy atom. The summed E-state index contributed by atoms with van der Waals surface area (Å²) in [6, 6.07) is 17.4. The van der Waals surface area contributed by atoms with Crippen LogP contribution in [0.3, 0.4) is 0 Å². The molecule has 0 unspecified atom stereocenters. The van der Waals surface area contributed by atoms with Crippen LogP contribution < -0.4 is 34.8 Å². The maximum Gasteiger partial charge on any atom is 0.365 e. The average molecular weight is 550 g/mol. The lowest BCUT2D eigenvalue weighted by atomic mass is 10.2. The maximum atomic E-state index is 13.3. The fourth-order valence-corrected chi connectivity index (χ4v) is 2.29. The van der Waals surface area contributed by atoms with Crippen LogP contribution in [0.4, 0.5) is 13.2 Å². The molecule has 0 atom stereocenters. The van der Waals surface area contributed by atoms with Crippen LogP contribution >= 0.6 is 0 Å². The summed E-state index contributed by atoms with van der Waals surface area (Å²) in [6.07, 6.45) is 4.37. The van der Waals surface area contributed by atoms with Crippen molar-refractivity contribution in [3.05, 3.63) is 107 Å². The molecule has 32 heavy (non-hydrogen) atoms. The average Bonchev–Trinajstić information content (AvgIpc) is 2.76. The summed E-state index contributed by atoms with van der Waals surface area (Å²) < 4.78 is 39.2. The Kier molecular flexibility index (Phi) is 10.2. The zero-order valence-corrected chi connectivity index (χ0v) is 18.7. The van der Waals surface area contributed by atoms with Gasteiger partial charge in [-0.2, -0.15) is 15.6 Å². The zero-order valence-electron chi connectivity index (χ0n) is 16.5. The lowest BCUT2D eigenvalue weighted by molar-refractivity contribution is -0.549. The second kappa shape index (κ2) is 13.1. The number of nitrogens with two attached hydrogens (primary N) is 1. The standard InChI is InChI=1S/C22H17F3N6.HI/c23-19-8-4-16(5-9-19)13-26-29-22(30-27-14-17-6-10-20(24)11-7-17)31-28-15-18-2-1-3-21(25)12-18;/h1-15H,(H2,29,30,31);1H/b26-13-,27-14-,28-15-;. The number of benzene rings is 3. The molecule has 0 aromatic heterocycles. The van der Waals surface area contributed by atoms with E-state index >= 15 is 0 Å². The molecule has 10 heteroatoms. The van der Waals surface area contributed by atoms with Crippen LogP contribution in [-0.4, -0.2) is 24.6 Å². The molecule has 0 saturated carbocycles. The summed E-state index contributed by atoms with van der Waals surface area (Å²) in [5.41, 5.74) is 5.94. The fourth-order valence-electron chi connectivity index (χ4n) is 2.29. The highest BCUT2D eigenvalue weighted by molar-refractivity contribution is 5.83. The summed E-state index contributed by atoms with van der Waals surface area (Å²) in [7, 11) is 0. The first-order valence-corrected chi connectivity index (χ1v) is 9.12. The van der Waals surface area contributed by atoms with Crippen LogP contribution in [0.5, 0.6) is 0 Å². The summed E-state index contributed by atoms with van der Waals surface area (Å²) in [4.78, 5) is 0. The van der Waals surface area contributed by atoms with Gasteiger partial charge < -0.3 is 24.0 Å². The van der Waals surface area contributed by atoms with Crippen LogP contribution in [0.25, 0.3) is 0 Å². The number of rotatable bonds is 6. The topological polar surface area (TPSA) is 78.1 Å². The molecule has 0 radical (unpaired) electrons. The maximum absolute atomic E-state index is 13.3. The molecule has 6 nitrogen and oxygen atoms in total. The molecule has 0 fully saturated rings. The van der Waals surface area contributed by atoms with E-state index in [1.807, 2.05) is 0 Å². The van der Waals surface area contributed by atoms with E-state index < -0.39 is 0 Å². The van der Waals surface area contributed by atoms with Gasteiger partial charge >= 0.3 is 5.96 Å². The van der Waals surface area contributed by atoms with Crippen molar-refractivity contribution in [2.24, 2.45) is 20.4 Å². The highest BCUT2D eigenvalue weighted by atomic mass is 127. The Bertz CT molecular complexity index is 1110. The van der Waals surface area contributed by atoms with Gasteiger partial charge in [-0.05, 0) is 53.1 Å². The number of hydrazone groups is 1. The van der Waals surface area contributed by atoms with Gasteiger partial charge in [0.05, 0.1) is 18.6 Å². The van der Waals surface area contributed by atoms with Gasteiger partial charge in [-0.25, -0.2) is 18.6 Å². The van der Waals surface area contributed by atoms with Crippen molar-refractivity contribution in [1.82, 2.24) is 5.43 Å². The van der Waals surface area contributed by atoms with Gasteiger partial charge in [0.15, 0.2) is 0 Å². The first-order chi connectivity index (χ1) is 15.1. The van der Waals surface area contributed by atoms with Gasteiger partial charge in [0.25, 0.3) is 0 Å². The fraction of sp³-hybridized carbons (Fsp3) is 0. The SMILES string of the molecule is Fc1ccc(/C=N\N=C(\N/N=C\c2cccc(F)c2)[NH2+]/N=C\c2ccc(F)cc2)cc1.[I-]. The zero-order chi connectivity index (χ0) is 21.9. The molecule has 0 aliphatic heterocycles. The lowest BCUT2D eigenvalue weighted by Gasteiger charge is -1.98. The number of nitrogens with one attached hydrogen (secondary N) is 1. The molecule has 0 aliphatic rings. The Morgan fingerprint density at radius 2 is 1.34 bits per heavy atom. The quantitative estimate of drug-likeness (QED) is 0.147. The van der Waals surface area contributed by atoms with Crippen molar-refractivity contribution in [2.45, 2.75) is 0 Å². The normalized spacial score (nSPS) is 11.9. The molecule has 3 N–H and O–H groups in total. The van der Waals surface area contributed by atoms with E-state index in [2.05, 4.69) is 25.8 Å². The van der Waals surface area contributed by atoms with Crippen LogP contribution in [0.2, 0.25) is 0 Å². The second-order valence-corrected chi connectivity index (χ2v) is 6.17. The van der Waals surface area contributed by atoms with Crippen LogP contribution in [-0.2, 0) is 0 Å². The number of guanidine groups is 1. The van der Waals surface area contributed by atoms with Crippen molar-refractivity contribution < 1.29 is 42.6 Å². The number of nitrogens with zero attached hydrogens (tertiary/aromatic N) is 4. The smallest absolute Gasteiger partial charge is 0.365 e. The van der Waals surface area contributed by atoms with Crippen LogP contribution in [0.1, 0.15) is 16.7 Å². The minimum absolute atomic E-state index is 0. The Hall–Kier alpha value is -3.38. The van der Waals surface area contributed by atoms with E-state index in [0.717, 1.165) is 0 Å². The lowest BCUT2D eigenvalue weighted by Crippen LogP contribution is -3.00. The summed E-state index contributed by atoms with van der Waals surface area (Å²) in [6.45, 7) is 0. The Balaban J connectivity index is 0.00000363. The van der Waals surface area contributed by atoms with Crippen LogP contribution in [0.15, 0.2) is 93.2 Å².